The van der Waals surface area contributed by atoms with Crippen molar-refractivity contribution in [3.05, 3.63) is 11.4 Å². The summed E-state index contributed by atoms with van der Waals surface area (Å²) in [5.74, 6) is 0.786. The van der Waals surface area contributed by atoms with E-state index in [1.807, 2.05) is 4.90 Å². The molecular formula is C17H29N3OS. The fourth-order valence-electron chi connectivity index (χ4n) is 2.85. The number of aromatic nitrogens is 2. The van der Waals surface area contributed by atoms with Gasteiger partial charge in [0.25, 0.3) is 0 Å². The Balaban J connectivity index is 1.95. The van der Waals surface area contributed by atoms with Gasteiger partial charge in [0.1, 0.15) is 0 Å². The molecule has 5 heteroatoms. The highest BCUT2D eigenvalue weighted by atomic mass is 32.2. The van der Waals surface area contributed by atoms with E-state index in [0.717, 1.165) is 49.7 Å². The number of unbranched alkanes of at least 4 members (excludes halogenated alkanes) is 1. The van der Waals surface area contributed by atoms with Crippen molar-refractivity contribution in [1.82, 2.24) is 14.5 Å². The zero-order chi connectivity index (χ0) is 15.9. The van der Waals surface area contributed by atoms with Crippen LogP contribution in [0.25, 0.3) is 0 Å². The van der Waals surface area contributed by atoms with E-state index >= 15 is 0 Å². The average molecular weight is 324 g/mol. The third kappa shape index (κ3) is 4.51. The molecule has 4 nitrogen and oxygen atoms in total. The molecule has 0 atom stereocenters. The summed E-state index contributed by atoms with van der Waals surface area (Å²) < 4.78 is 2.28. The minimum atomic E-state index is 0.271. The van der Waals surface area contributed by atoms with Gasteiger partial charge in [-0.1, -0.05) is 37.9 Å². The number of amides is 1. The minimum Gasteiger partial charge on any atom is -0.342 e. The van der Waals surface area contributed by atoms with E-state index in [9.17, 15) is 4.79 Å². The molecule has 1 aromatic rings. The maximum Gasteiger partial charge on any atom is 0.233 e. The minimum absolute atomic E-state index is 0.271. The molecule has 0 aliphatic carbocycles. The molecule has 0 bridgehead atoms. The molecule has 1 aliphatic heterocycles. The first-order chi connectivity index (χ1) is 10.6. The van der Waals surface area contributed by atoms with Crippen LogP contribution in [-0.4, -0.2) is 39.2 Å². The van der Waals surface area contributed by atoms with E-state index < -0.39 is 0 Å². The van der Waals surface area contributed by atoms with Crippen molar-refractivity contribution in [3.8, 4) is 0 Å². The Morgan fingerprint density at radius 3 is 2.50 bits per heavy atom. The number of rotatable bonds is 6. The maximum atomic E-state index is 12.4. The third-order valence-electron chi connectivity index (χ3n) is 4.44. The van der Waals surface area contributed by atoms with Crippen LogP contribution in [0.1, 0.15) is 56.8 Å². The van der Waals surface area contributed by atoms with Crippen LogP contribution in [0.4, 0.5) is 0 Å². The average Bonchev–Trinajstić information content (AvgIpc) is 2.73. The topological polar surface area (TPSA) is 38.1 Å². The summed E-state index contributed by atoms with van der Waals surface area (Å²) in [6, 6.07) is 0. The lowest BCUT2D eigenvalue weighted by molar-refractivity contribution is -0.128. The molecular weight excluding hydrogens is 294 g/mol. The summed E-state index contributed by atoms with van der Waals surface area (Å²) in [7, 11) is 0. The molecule has 0 unspecified atom stereocenters. The summed E-state index contributed by atoms with van der Waals surface area (Å²) in [5.41, 5.74) is 2.32. The third-order valence-corrected chi connectivity index (χ3v) is 5.40. The quantitative estimate of drug-likeness (QED) is 0.748. The van der Waals surface area contributed by atoms with Crippen molar-refractivity contribution in [3.63, 3.8) is 0 Å². The van der Waals surface area contributed by atoms with Gasteiger partial charge in [0, 0.05) is 25.3 Å². The number of imidazole rings is 1. The van der Waals surface area contributed by atoms with Crippen LogP contribution < -0.4 is 0 Å². The van der Waals surface area contributed by atoms with Gasteiger partial charge in [-0.3, -0.25) is 4.79 Å². The van der Waals surface area contributed by atoms with Crippen LogP contribution >= 0.6 is 11.8 Å². The standard InChI is InChI=1S/C17H29N3OS/c1-4-5-12-20-15(3)14(2)18-17(20)22-13-16(21)19-10-8-6-7-9-11-19/h4-13H2,1-3H3. The van der Waals surface area contributed by atoms with Crippen molar-refractivity contribution in [2.75, 3.05) is 18.8 Å². The summed E-state index contributed by atoms with van der Waals surface area (Å²) in [6.07, 6.45) is 7.16. The molecule has 1 amide bonds. The lowest BCUT2D eigenvalue weighted by Gasteiger charge is -2.20. The van der Waals surface area contributed by atoms with E-state index in [-0.39, 0.29) is 5.91 Å². The Bertz CT molecular complexity index is 490. The van der Waals surface area contributed by atoms with Gasteiger partial charge in [0.15, 0.2) is 5.16 Å². The van der Waals surface area contributed by atoms with Crippen molar-refractivity contribution in [1.29, 1.82) is 0 Å². The summed E-state index contributed by atoms with van der Waals surface area (Å²) in [5, 5.41) is 1.01. The molecule has 1 saturated heterocycles. The first kappa shape index (κ1) is 17.4. The maximum absolute atomic E-state index is 12.4. The molecule has 1 fully saturated rings. The fraction of sp³-hybridized carbons (Fsp3) is 0.765. The first-order valence-corrected chi connectivity index (χ1v) is 9.56. The zero-order valence-corrected chi connectivity index (χ0v) is 15.0. The van der Waals surface area contributed by atoms with Gasteiger partial charge in [-0.25, -0.2) is 4.98 Å². The molecule has 0 saturated carbocycles. The van der Waals surface area contributed by atoms with Crippen LogP contribution in [0.2, 0.25) is 0 Å². The molecule has 0 radical (unpaired) electrons. The van der Waals surface area contributed by atoms with E-state index in [2.05, 4.69) is 30.3 Å². The highest BCUT2D eigenvalue weighted by molar-refractivity contribution is 7.99. The fourth-order valence-corrected chi connectivity index (χ4v) is 3.87. The summed E-state index contributed by atoms with van der Waals surface area (Å²) in [4.78, 5) is 19.1. The zero-order valence-electron chi connectivity index (χ0n) is 14.2. The van der Waals surface area contributed by atoms with Crippen LogP contribution in [0.5, 0.6) is 0 Å². The Labute approximate surface area is 138 Å². The summed E-state index contributed by atoms with van der Waals surface area (Å²) in [6.45, 7) is 9.25. The normalized spacial score (nSPS) is 15.9. The molecule has 2 rings (SSSR count). The smallest absolute Gasteiger partial charge is 0.233 e. The Kier molecular flexibility index (Phi) is 6.80. The number of thioether (sulfide) groups is 1. The van der Waals surface area contributed by atoms with E-state index in [1.54, 1.807) is 11.8 Å². The number of aryl methyl sites for hydroxylation is 1. The second-order valence-corrected chi connectivity index (χ2v) is 7.10. The Morgan fingerprint density at radius 1 is 1.18 bits per heavy atom. The van der Waals surface area contributed by atoms with Gasteiger partial charge in [-0.05, 0) is 33.1 Å². The largest absolute Gasteiger partial charge is 0.342 e. The van der Waals surface area contributed by atoms with Crippen LogP contribution in [0.3, 0.4) is 0 Å². The van der Waals surface area contributed by atoms with Gasteiger partial charge in [-0.2, -0.15) is 0 Å². The lowest BCUT2D eigenvalue weighted by Crippen LogP contribution is -2.33. The molecule has 0 aromatic carbocycles. The number of hydrogen-bond donors (Lipinski definition) is 0. The molecule has 1 aromatic heterocycles. The molecule has 2 heterocycles. The number of carbonyl (C=O) groups is 1. The Morgan fingerprint density at radius 2 is 1.86 bits per heavy atom. The number of likely N-dealkylation sites (tertiary alicyclic amines) is 1. The van der Waals surface area contributed by atoms with Crippen molar-refractivity contribution >= 4 is 17.7 Å². The predicted molar refractivity (Wildman–Crippen MR) is 92.4 cm³/mol. The van der Waals surface area contributed by atoms with Gasteiger partial charge >= 0.3 is 0 Å². The highest BCUT2D eigenvalue weighted by Crippen LogP contribution is 2.22. The molecule has 22 heavy (non-hydrogen) atoms. The highest BCUT2D eigenvalue weighted by Gasteiger charge is 2.18. The molecule has 1 aliphatic rings. The second-order valence-electron chi connectivity index (χ2n) is 6.15. The molecule has 0 N–H and O–H groups in total. The molecule has 0 spiro atoms. The van der Waals surface area contributed by atoms with Crippen LogP contribution in [-0.2, 0) is 11.3 Å². The number of carbonyl (C=O) groups excluding carboxylic acids is 1. The monoisotopic (exact) mass is 323 g/mol. The Hall–Kier alpha value is -0.970. The lowest BCUT2D eigenvalue weighted by atomic mass is 10.2. The van der Waals surface area contributed by atoms with E-state index in [4.69, 9.17) is 0 Å². The van der Waals surface area contributed by atoms with Crippen molar-refractivity contribution < 1.29 is 4.79 Å². The SMILES string of the molecule is CCCCn1c(SCC(=O)N2CCCCCC2)nc(C)c1C. The summed E-state index contributed by atoms with van der Waals surface area (Å²) >= 11 is 1.60. The molecule has 124 valence electrons. The van der Waals surface area contributed by atoms with Gasteiger partial charge < -0.3 is 9.47 Å². The van der Waals surface area contributed by atoms with Gasteiger partial charge in [0.05, 0.1) is 11.4 Å². The van der Waals surface area contributed by atoms with Crippen LogP contribution in [0, 0.1) is 13.8 Å². The van der Waals surface area contributed by atoms with Crippen molar-refractivity contribution in [2.45, 2.75) is 71.0 Å². The van der Waals surface area contributed by atoms with Gasteiger partial charge in [-0.15, -0.1) is 0 Å². The van der Waals surface area contributed by atoms with Crippen LogP contribution in [0.15, 0.2) is 5.16 Å². The van der Waals surface area contributed by atoms with E-state index in [0.29, 0.717) is 5.75 Å². The second kappa shape index (κ2) is 8.61. The van der Waals surface area contributed by atoms with Crippen molar-refractivity contribution in [2.24, 2.45) is 0 Å². The number of nitrogens with zero attached hydrogens (tertiary/aromatic N) is 3. The number of hydrogen-bond acceptors (Lipinski definition) is 3. The predicted octanol–water partition coefficient (Wildman–Crippen LogP) is 3.79. The first-order valence-electron chi connectivity index (χ1n) is 8.57. The van der Waals surface area contributed by atoms with Gasteiger partial charge in [0.2, 0.25) is 5.91 Å². The van der Waals surface area contributed by atoms with E-state index in [1.165, 1.54) is 25.0 Å².